The molecular formula is C25H29N. The van der Waals surface area contributed by atoms with Gasteiger partial charge in [-0.05, 0) is 62.2 Å². The second-order valence-electron chi connectivity index (χ2n) is 8.81. The molecule has 134 valence electrons. The third kappa shape index (κ3) is 2.09. The lowest BCUT2D eigenvalue weighted by molar-refractivity contribution is 0.378. The number of hydrogen-bond acceptors (Lipinski definition) is 1. The molecule has 1 heteroatoms. The smallest absolute Gasteiger partial charge is 0.0517 e. The van der Waals surface area contributed by atoms with Crippen LogP contribution < -0.4 is 0 Å². The number of allylic oxidation sites excluding steroid dienone is 5. The van der Waals surface area contributed by atoms with Gasteiger partial charge in [-0.15, -0.1) is 0 Å². The Morgan fingerprint density at radius 3 is 2.88 bits per heavy atom. The van der Waals surface area contributed by atoms with Crippen LogP contribution in [0.2, 0.25) is 0 Å². The maximum absolute atomic E-state index is 2.70. The summed E-state index contributed by atoms with van der Waals surface area (Å²) in [5, 5.41) is 0. The van der Waals surface area contributed by atoms with Crippen LogP contribution in [-0.4, -0.2) is 11.4 Å². The van der Waals surface area contributed by atoms with Gasteiger partial charge in [0.2, 0.25) is 0 Å². The first-order chi connectivity index (χ1) is 12.5. The van der Waals surface area contributed by atoms with Crippen molar-refractivity contribution in [3.05, 3.63) is 76.0 Å². The van der Waals surface area contributed by atoms with E-state index < -0.39 is 0 Å². The summed E-state index contributed by atoms with van der Waals surface area (Å²) in [4.78, 5) is 2.70. The van der Waals surface area contributed by atoms with Crippen molar-refractivity contribution in [2.45, 2.75) is 52.9 Å². The molecule has 1 aromatic carbocycles. The largest absolute Gasteiger partial charge is 0.343 e. The van der Waals surface area contributed by atoms with Crippen LogP contribution >= 0.6 is 0 Å². The first kappa shape index (κ1) is 16.2. The summed E-state index contributed by atoms with van der Waals surface area (Å²) in [5.41, 5.74) is 11.0. The highest BCUT2D eigenvalue weighted by Gasteiger charge is 2.59. The van der Waals surface area contributed by atoms with Crippen LogP contribution in [0.4, 0.5) is 0 Å². The molecule has 2 aliphatic carbocycles. The van der Waals surface area contributed by atoms with E-state index in [0.29, 0.717) is 17.3 Å². The summed E-state index contributed by atoms with van der Waals surface area (Å²) in [7, 11) is 0. The van der Waals surface area contributed by atoms with Gasteiger partial charge in [0.25, 0.3) is 0 Å². The second kappa shape index (κ2) is 5.49. The van der Waals surface area contributed by atoms with Gasteiger partial charge >= 0.3 is 0 Å². The Morgan fingerprint density at radius 2 is 2.08 bits per heavy atom. The molecular weight excluding hydrogens is 314 g/mol. The summed E-state index contributed by atoms with van der Waals surface area (Å²) < 4.78 is 0. The molecule has 0 aromatic heterocycles. The lowest BCUT2D eigenvalue weighted by atomic mass is 9.90. The molecule has 0 N–H and O–H groups in total. The number of benzene rings is 1. The molecule has 1 nitrogen and oxygen atoms in total. The molecule has 1 fully saturated rings. The Bertz CT molecular complexity index is 910. The van der Waals surface area contributed by atoms with Crippen LogP contribution in [0.15, 0.2) is 64.9 Å². The molecule has 0 amide bonds. The van der Waals surface area contributed by atoms with Crippen molar-refractivity contribution in [2.75, 3.05) is 6.54 Å². The zero-order chi connectivity index (χ0) is 18.1. The molecule has 5 rings (SSSR count). The lowest BCUT2D eigenvalue weighted by Gasteiger charge is -2.38. The van der Waals surface area contributed by atoms with Crippen LogP contribution in [0, 0.1) is 11.3 Å². The van der Waals surface area contributed by atoms with Gasteiger partial charge in [0.15, 0.2) is 0 Å². The van der Waals surface area contributed by atoms with E-state index in [2.05, 4.69) is 75.1 Å². The normalized spacial score (nSPS) is 32.6. The quantitative estimate of drug-likeness (QED) is 0.531. The average Bonchev–Trinajstić information content (AvgIpc) is 3.40. The van der Waals surface area contributed by atoms with Crippen molar-refractivity contribution in [3.63, 3.8) is 0 Å². The highest BCUT2D eigenvalue weighted by Crippen LogP contribution is 2.67. The Labute approximate surface area is 157 Å². The van der Waals surface area contributed by atoms with Gasteiger partial charge in [0, 0.05) is 29.6 Å². The molecule has 2 heterocycles. The molecule has 1 aromatic rings. The monoisotopic (exact) mass is 343 g/mol. The Morgan fingerprint density at radius 1 is 1.27 bits per heavy atom. The highest BCUT2D eigenvalue weighted by molar-refractivity contribution is 5.78. The fourth-order valence-corrected chi connectivity index (χ4v) is 5.58. The summed E-state index contributed by atoms with van der Waals surface area (Å²) in [6, 6.07) is 9.20. The number of nitrogens with zero attached hydrogens (tertiary/aromatic N) is 1. The Kier molecular flexibility index (Phi) is 3.41. The molecule has 1 saturated carbocycles. The van der Waals surface area contributed by atoms with Gasteiger partial charge in [0.1, 0.15) is 0 Å². The standard InChI is InChI=1S/C25H29N/c1-5-17(3)25-14-23(25)21-8-6-7-9-22(21)24-18(4)19-11-10-16(2)12-20(13-19)26(24)15-25/h5-9,11-12,16,23H,10,13-15H2,1-4H3. The van der Waals surface area contributed by atoms with E-state index in [1.807, 2.05) is 0 Å². The topological polar surface area (TPSA) is 3.24 Å². The molecule has 2 aliphatic heterocycles. The van der Waals surface area contributed by atoms with E-state index in [1.54, 1.807) is 16.7 Å². The van der Waals surface area contributed by atoms with E-state index in [-0.39, 0.29) is 0 Å². The maximum Gasteiger partial charge on any atom is 0.0517 e. The predicted octanol–water partition coefficient (Wildman–Crippen LogP) is 6.43. The van der Waals surface area contributed by atoms with Crippen molar-refractivity contribution in [1.82, 2.24) is 4.90 Å². The zero-order valence-corrected chi connectivity index (χ0v) is 16.5. The molecule has 2 bridgehead atoms. The molecule has 3 unspecified atom stereocenters. The zero-order valence-electron chi connectivity index (χ0n) is 16.5. The van der Waals surface area contributed by atoms with E-state index in [1.165, 1.54) is 35.4 Å². The number of fused-ring (bicyclic) bond motifs is 8. The van der Waals surface area contributed by atoms with Gasteiger partial charge in [0.05, 0.1) is 5.70 Å². The minimum absolute atomic E-state index is 0.324. The first-order valence-electron chi connectivity index (χ1n) is 10.2. The predicted molar refractivity (Wildman–Crippen MR) is 110 cm³/mol. The van der Waals surface area contributed by atoms with Gasteiger partial charge in [-0.3, -0.25) is 0 Å². The van der Waals surface area contributed by atoms with Crippen LogP contribution in [-0.2, 0) is 0 Å². The fraction of sp³-hybridized carbons (Fsp3) is 0.440. The van der Waals surface area contributed by atoms with Crippen LogP contribution in [0.25, 0.3) is 5.70 Å². The number of rotatable bonds is 1. The average molecular weight is 344 g/mol. The summed E-state index contributed by atoms with van der Waals surface area (Å²) in [6.07, 6.45) is 11.0. The molecule has 4 aliphatic rings. The van der Waals surface area contributed by atoms with Crippen LogP contribution in [0.1, 0.15) is 64.0 Å². The van der Waals surface area contributed by atoms with Gasteiger partial charge in [-0.25, -0.2) is 0 Å². The van der Waals surface area contributed by atoms with Crippen molar-refractivity contribution >= 4 is 5.70 Å². The first-order valence-corrected chi connectivity index (χ1v) is 10.2. The Hall–Kier alpha value is -2.02. The van der Waals surface area contributed by atoms with E-state index in [9.17, 15) is 0 Å². The Balaban J connectivity index is 1.78. The lowest BCUT2D eigenvalue weighted by Crippen LogP contribution is -2.32. The van der Waals surface area contributed by atoms with Gasteiger partial charge in [-0.2, -0.15) is 0 Å². The van der Waals surface area contributed by atoms with Gasteiger partial charge in [-0.1, -0.05) is 55.0 Å². The van der Waals surface area contributed by atoms with Crippen molar-refractivity contribution in [3.8, 4) is 0 Å². The fourth-order valence-electron chi connectivity index (χ4n) is 5.58. The van der Waals surface area contributed by atoms with Crippen LogP contribution in [0.5, 0.6) is 0 Å². The van der Waals surface area contributed by atoms with Crippen molar-refractivity contribution < 1.29 is 0 Å². The van der Waals surface area contributed by atoms with E-state index in [0.717, 1.165) is 13.0 Å². The molecule has 0 saturated heterocycles. The third-order valence-electron chi connectivity index (χ3n) is 7.36. The summed E-state index contributed by atoms with van der Waals surface area (Å²) in [5.74, 6) is 1.30. The maximum atomic E-state index is 2.70. The number of hydrogen-bond donors (Lipinski definition) is 0. The van der Waals surface area contributed by atoms with Gasteiger partial charge < -0.3 is 4.90 Å². The summed E-state index contributed by atoms with van der Waals surface area (Å²) >= 11 is 0. The van der Waals surface area contributed by atoms with Crippen molar-refractivity contribution in [2.24, 2.45) is 11.3 Å². The SMILES string of the molecule is CC=C(C)C12CC1c1ccccc1C1=C(C)C3=CCC(C)C=C(C3)N1C2. The van der Waals surface area contributed by atoms with E-state index in [4.69, 9.17) is 0 Å². The molecule has 26 heavy (non-hydrogen) atoms. The second-order valence-corrected chi connectivity index (χ2v) is 8.81. The summed E-state index contributed by atoms with van der Waals surface area (Å²) in [6.45, 7) is 10.4. The minimum Gasteiger partial charge on any atom is -0.343 e. The molecule has 3 atom stereocenters. The van der Waals surface area contributed by atoms with Crippen molar-refractivity contribution in [1.29, 1.82) is 0 Å². The van der Waals surface area contributed by atoms with E-state index >= 15 is 0 Å². The molecule has 0 spiro atoms. The third-order valence-corrected chi connectivity index (χ3v) is 7.36. The van der Waals surface area contributed by atoms with Crippen LogP contribution in [0.3, 0.4) is 0 Å². The highest BCUT2D eigenvalue weighted by atomic mass is 15.2. The minimum atomic E-state index is 0.324. The molecule has 0 radical (unpaired) electrons.